The van der Waals surface area contributed by atoms with Gasteiger partial charge in [0.25, 0.3) is 5.91 Å². The van der Waals surface area contributed by atoms with Crippen LogP contribution in [0.3, 0.4) is 0 Å². The number of nitrogens with one attached hydrogen (secondary N) is 1. The van der Waals surface area contributed by atoms with Gasteiger partial charge in [-0.2, -0.15) is 0 Å². The first-order valence-corrected chi connectivity index (χ1v) is 6.15. The van der Waals surface area contributed by atoms with E-state index in [-0.39, 0.29) is 12.5 Å². The summed E-state index contributed by atoms with van der Waals surface area (Å²) in [6, 6.07) is 5.27. The lowest BCUT2D eigenvalue weighted by Gasteiger charge is -2.08. The summed E-state index contributed by atoms with van der Waals surface area (Å²) in [5.41, 5.74) is 0. The minimum Gasteiger partial charge on any atom is -0.483 e. The van der Waals surface area contributed by atoms with Crippen molar-refractivity contribution < 1.29 is 9.53 Å². The van der Waals surface area contributed by atoms with Crippen molar-refractivity contribution >= 4 is 33.4 Å². The van der Waals surface area contributed by atoms with Crippen LogP contribution < -0.4 is 10.1 Å². The lowest BCUT2D eigenvalue weighted by molar-refractivity contribution is -0.123. The molecule has 0 saturated heterocycles. The first kappa shape index (κ1) is 13.3. The lowest BCUT2D eigenvalue weighted by atomic mass is 10.3. The summed E-state index contributed by atoms with van der Waals surface area (Å²) >= 11 is 9.18. The zero-order valence-corrected chi connectivity index (χ0v) is 11.3. The third kappa shape index (κ3) is 4.02. The molecule has 0 aromatic heterocycles. The fraction of sp³-hybridized carbons (Fsp3) is 0.364. The van der Waals surface area contributed by atoms with Gasteiger partial charge in [-0.1, -0.05) is 24.6 Å². The van der Waals surface area contributed by atoms with Crippen LogP contribution in [0.5, 0.6) is 5.75 Å². The van der Waals surface area contributed by atoms with Crippen molar-refractivity contribution in [1.82, 2.24) is 5.32 Å². The molecule has 0 aliphatic carbocycles. The molecule has 0 aliphatic heterocycles. The van der Waals surface area contributed by atoms with E-state index < -0.39 is 0 Å². The van der Waals surface area contributed by atoms with Crippen molar-refractivity contribution in [1.29, 1.82) is 0 Å². The van der Waals surface area contributed by atoms with Crippen molar-refractivity contribution in [3.05, 3.63) is 27.7 Å². The minimum absolute atomic E-state index is 0.00105. The Labute approximate surface area is 108 Å². The predicted molar refractivity (Wildman–Crippen MR) is 67.9 cm³/mol. The average Bonchev–Trinajstić information content (AvgIpc) is 2.28. The third-order valence-electron chi connectivity index (χ3n) is 1.85. The van der Waals surface area contributed by atoms with Gasteiger partial charge in [-0.05, 0) is 34.5 Å². The normalized spacial score (nSPS) is 9.94. The van der Waals surface area contributed by atoms with E-state index in [1.807, 2.05) is 6.92 Å². The molecular weight excluding hydrogens is 293 g/mol. The maximum atomic E-state index is 11.3. The van der Waals surface area contributed by atoms with Crippen LogP contribution in [0.15, 0.2) is 22.7 Å². The minimum atomic E-state index is -0.131. The molecule has 88 valence electrons. The molecule has 0 heterocycles. The van der Waals surface area contributed by atoms with Gasteiger partial charge >= 0.3 is 0 Å². The number of rotatable bonds is 5. The van der Waals surface area contributed by atoms with Gasteiger partial charge in [0.05, 0.1) is 9.50 Å². The quantitative estimate of drug-likeness (QED) is 0.908. The highest BCUT2D eigenvalue weighted by atomic mass is 79.9. The fourth-order valence-electron chi connectivity index (χ4n) is 1.05. The molecule has 16 heavy (non-hydrogen) atoms. The molecule has 1 aromatic carbocycles. The van der Waals surface area contributed by atoms with Crippen molar-refractivity contribution in [2.45, 2.75) is 13.3 Å². The number of amides is 1. The van der Waals surface area contributed by atoms with Crippen LogP contribution in [-0.4, -0.2) is 19.1 Å². The Morgan fingerprint density at radius 2 is 2.31 bits per heavy atom. The highest BCUT2D eigenvalue weighted by molar-refractivity contribution is 9.10. The van der Waals surface area contributed by atoms with Crippen molar-refractivity contribution in [3.8, 4) is 5.75 Å². The predicted octanol–water partition coefficient (Wildman–Crippen LogP) is 3.01. The Kier molecular flexibility index (Phi) is 5.63. The maximum Gasteiger partial charge on any atom is 0.257 e. The number of hydrogen-bond acceptors (Lipinski definition) is 2. The number of hydrogen-bond donors (Lipinski definition) is 1. The van der Waals surface area contributed by atoms with Crippen LogP contribution in [0, 0.1) is 0 Å². The van der Waals surface area contributed by atoms with Crippen molar-refractivity contribution in [2.75, 3.05) is 13.2 Å². The topological polar surface area (TPSA) is 38.3 Å². The summed E-state index contributed by atoms with van der Waals surface area (Å²) in [4.78, 5) is 11.3. The van der Waals surface area contributed by atoms with Gasteiger partial charge in [0, 0.05) is 6.54 Å². The molecule has 0 bridgehead atoms. The molecule has 0 aliphatic rings. The summed E-state index contributed by atoms with van der Waals surface area (Å²) in [7, 11) is 0. The molecule has 1 amide bonds. The van der Waals surface area contributed by atoms with Crippen LogP contribution in [0.2, 0.25) is 5.02 Å². The molecule has 5 heteroatoms. The largest absolute Gasteiger partial charge is 0.483 e. The summed E-state index contributed by atoms with van der Waals surface area (Å²) < 4.78 is 6.00. The summed E-state index contributed by atoms with van der Waals surface area (Å²) in [6.45, 7) is 2.66. The highest BCUT2D eigenvalue weighted by Crippen LogP contribution is 2.31. The van der Waals surface area contributed by atoms with E-state index in [1.54, 1.807) is 18.2 Å². The monoisotopic (exact) mass is 305 g/mol. The molecule has 0 unspecified atom stereocenters. The zero-order chi connectivity index (χ0) is 12.0. The Morgan fingerprint density at radius 1 is 1.56 bits per heavy atom. The molecule has 0 atom stereocenters. The van der Waals surface area contributed by atoms with Crippen LogP contribution >= 0.6 is 27.5 Å². The van der Waals surface area contributed by atoms with Gasteiger partial charge in [-0.25, -0.2) is 0 Å². The first-order valence-electron chi connectivity index (χ1n) is 4.98. The number of carbonyl (C=O) groups excluding carboxylic acids is 1. The SMILES string of the molecule is CCCNC(=O)COc1cccc(Cl)c1Br. The zero-order valence-electron chi connectivity index (χ0n) is 8.93. The molecule has 0 radical (unpaired) electrons. The fourth-order valence-corrected chi connectivity index (χ4v) is 1.60. The molecular formula is C11H13BrClNO2. The van der Waals surface area contributed by atoms with E-state index in [1.165, 1.54) is 0 Å². The van der Waals surface area contributed by atoms with E-state index in [9.17, 15) is 4.79 Å². The molecule has 0 fully saturated rings. The van der Waals surface area contributed by atoms with Gasteiger partial charge in [0.15, 0.2) is 6.61 Å². The molecule has 1 rings (SSSR count). The second-order valence-corrected chi connectivity index (χ2v) is 4.39. The third-order valence-corrected chi connectivity index (χ3v) is 3.21. The van der Waals surface area contributed by atoms with Gasteiger partial charge in [0.2, 0.25) is 0 Å². The second kappa shape index (κ2) is 6.76. The summed E-state index contributed by atoms with van der Waals surface area (Å²) in [5, 5.41) is 3.29. The first-order chi connectivity index (χ1) is 7.65. The molecule has 1 N–H and O–H groups in total. The molecule has 3 nitrogen and oxygen atoms in total. The van der Waals surface area contributed by atoms with E-state index in [2.05, 4.69) is 21.2 Å². The average molecular weight is 307 g/mol. The summed E-state index contributed by atoms with van der Waals surface area (Å²) in [6.07, 6.45) is 0.909. The Balaban J connectivity index is 2.48. The standard InChI is InChI=1S/C11H13BrClNO2/c1-2-6-14-10(15)7-16-9-5-3-4-8(13)11(9)12/h3-5H,2,6-7H2,1H3,(H,14,15). The van der Waals surface area contributed by atoms with Crippen LogP contribution in [0.1, 0.15) is 13.3 Å². The van der Waals surface area contributed by atoms with E-state index >= 15 is 0 Å². The second-order valence-electron chi connectivity index (χ2n) is 3.19. The Morgan fingerprint density at radius 3 is 3.00 bits per heavy atom. The highest BCUT2D eigenvalue weighted by Gasteiger charge is 2.07. The van der Waals surface area contributed by atoms with Gasteiger partial charge in [0.1, 0.15) is 5.75 Å². The van der Waals surface area contributed by atoms with Crippen LogP contribution in [-0.2, 0) is 4.79 Å². The van der Waals surface area contributed by atoms with Crippen molar-refractivity contribution in [2.24, 2.45) is 0 Å². The van der Waals surface area contributed by atoms with Gasteiger partial charge in [-0.3, -0.25) is 4.79 Å². The number of halogens is 2. The number of carbonyl (C=O) groups is 1. The lowest BCUT2D eigenvalue weighted by Crippen LogP contribution is -2.29. The van der Waals surface area contributed by atoms with Crippen LogP contribution in [0.25, 0.3) is 0 Å². The van der Waals surface area contributed by atoms with E-state index in [0.717, 1.165) is 6.42 Å². The smallest absolute Gasteiger partial charge is 0.257 e. The molecule has 0 saturated carbocycles. The molecule has 1 aromatic rings. The summed E-state index contributed by atoms with van der Waals surface area (Å²) in [5.74, 6) is 0.438. The molecule has 0 spiro atoms. The van der Waals surface area contributed by atoms with Gasteiger partial charge < -0.3 is 10.1 Å². The van der Waals surface area contributed by atoms with Gasteiger partial charge in [-0.15, -0.1) is 0 Å². The number of benzene rings is 1. The number of ether oxygens (including phenoxy) is 1. The Hall–Kier alpha value is -0.740. The Bertz CT molecular complexity index is 371. The van der Waals surface area contributed by atoms with E-state index in [0.29, 0.717) is 21.8 Å². The van der Waals surface area contributed by atoms with Crippen LogP contribution in [0.4, 0.5) is 0 Å². The van der Waals surface area contributed by atoms with E-state index in [4.69, 9.17) is 16.3 Å². The van der Waals surface area contributed by atoms with Crippen molar-refractivity contribution in [3.63, 3.8) is 0 Å². The maximum absolute atomic E-state index is 11.3.